The summed E-state index contributed by atoms with van der Waals surface area (Å²) in [6.45, 7) is 15.4. The molecule has 2 heterocycles. The van der Waals surface area contributed by atoms with Crippen LogP contribution in [-0.4, -0.2) is 62.3 Å². The van der Waals surface area contributed by atoms with E-state index in [0.717, 1.165) is 36.5 Å². The van der Waals surface area contributed by atoms with Crippen LogP contribution in [0, 0.1) is 11.8 Å². The highest BCUT2D eigenvalue weighted by Gasteiger charge is 2.30. The molecule has 0 saturated carbocycles. The van der Waals surface area contributed by atoms with Gasteiger partial charge in [0, 0.05) is 36.6 Å². The first kappa shape index (κ1) is 32.2. The molecular formula is C27H40ClN3O5S2. The number of thiophene rings is 1. The number of amides is 1. The molecule has 1 aliphatic rings. The second-order valence-corrected chi connectivity index (χ2v) is 13.2. The molecule has 11 heteroatoms. The summed E-state index contributed by atoms with van der Waals surface area (Å²) in [7, 11) is -3.69. The van der Waals surface area contributed by atoms with Crippen molar-refractivity contribution in [1.82, 2.24) is 9.21 Å². The van der Waals surface area contributed by atoms with Crippen molar-refractivity contribution < 1.29 is 22.7 Å². The van der Waals surface area contributed by atoms with E-state index < -0.39 is 21.9 Å². The molecule has 0 spiro atoms. The molecule has 3 rings (SSSR count). The molecule has 0 radical (unpaired) electrons. The van der Waals surface area contributed by atoms with Crippen LogP contribution in [0.5, 0.6) is 0 Å². The number of carbonyl (C=O) groups excluding carboxylic acids is 2. The Morgan fingerprint density at radius 2 is 1.68 bits per heavy atom. The van der Waals surface area contributed by atoms with Crippen molar-refractivity contribution in [1.29, 1.82) is 0 Å². The molecule has 1 N–H and O–H groups in total. The number of rotatable bonds is 11. The minimum atomic E-state index is -3.69. The number of nitrogens with zero attached hydrogens (tertiary/aromatic N) is 2. The zero-order chi connectivity index (χ0) is 27.3. The highest BCUT2D eigenvalue weighted by Crippen LogP contribution is 2.38. The summed E-state index contributed by atoms with van der Waals surface area (Å²) in [5, 5.41) is 3.36. The average Bonchev–Trinajstić information content (AvgIpc) is 3.20. The quantitative estimate of drug-likeness (QED) is 0.361. The second-order valence-electron chi connectivity index (χ2n) is 10.1. The summed E-state index contributed by atoms with van der Waals surface area (Å²) in [6.07, 6.45) is 0.722. The van der Waals surface area contributed by atoms with Crippen LogP contribution in [0.4, 0.5) is 5.00 Å². The zero-order valence-corrected chi connectivity index (χ0v) is 25.5. The topological polar surface area (TPSA) is 96.0 Å². The number of carbonyl (C=O) groups is 2. The van der Waals surface area contributed by atoms with E-state index in [0.29, 0.717) is 29.2 Å². The third-order valence-electron chi connectivity index (χ3n) is 6.18. The van der Waals surface area contributed by atoms with E-state index in [1.54, 1.807) is 6.92 Å². The summed E-state index contributed by atoms with van der Waals surface area (Å²) >= 11 is 1.40. The molecule has 0 bridgehead atoms. The third kappa shape index (κ3) is 7.57. The van der Waals surface area contributed by atoms with Gasteiger partial charge in [-0.25, -0.2) is 13.2 Å². The molecule has 0 unspecified atom stereocenters. The summed E-state index contributed by atoms with van der Waals surface area (Å²) in [6, 6.07) is 5.98. The van der Waals surface area contributed by atoms with Crippen molar-refractivity contribution in [3.05, 3.63) is 45.8 Å². The lowest BCUT2D eigenvalue weighted by atomic mass is 10.0. The Bertz CT molecular complexity index is 1200. The molecular weight excluding hydrogens is 546 g/mol. The Balaban J connectivity index is 0.00000507. The smallest absolute Gasteiger partial charge is 0.341 e. The molecule has 1 aromatic heterocycles. The number of hydrogen-bond donors (Lipinski definition) is 1. The van der Waals surface area contributed by atoms with Gasteiger partial charge < -0.3 is 10.1 Å². The predicted molar refractivity (Wildman–Crippen MR) is 155 cm³/mol. The normalized spacial score (nSPS) is 13.9. The minimum absolute atomic E-state index is 0. The third-order valence-corrected chi connectivity index (χ3v) is 9.16. The molecule has 8 nitrogen and oxygen atoms in total. The lowest BCUT2D eigenvalue weighted by Crippen LogP contribution is -2.37. The maximum Gasteiger partial charge on any atom is 0.341 e. The summed E-state index contributed by atoms with van der Waals surface area (Å²) in [5.74, 6) is -0.458. The zero-order valence-electron chi connectivity index (χ0n) is 23.1. The fourth-order valence-corrected chi connectivity index (χ4v) is 7.46. The molecule has 0 atom stereocenters. The number of halogens is 1. The van der Waals surface area contributed by atoms with Gasteiger partial charge in [-0.1, -0.05) is 34.6 Å². The lowest BCUT2D eigenvalue weighted by molar-refractivity contribution is 0.0526. The Kier molecular flexibility index (Phi) is 11.8. The van der Waals surface area contributed by atoms with Gasteiger partial charge in [-0.3, -0.25) is 9.69 Å². The van der Waals surface area contributed by atoms with Crippen LogP contribution in [0.1, 0.15) is 72.7 Å². The molecule has 1 amide bonds. The Morgan fingerprint density at radius 1 is 1.08 bits per heavy atom. The number of benzene rings is 1. The van der Waals surface area contributed by atoms with Crippen LogP contribution in [0.3, 0.4) is 0 Å². The first-order valence-corrected chi connectivity index (χ1v) is 15.2. The van der Waals surface area contributed by atoms with Crippen molar-refractivity contribution in [3.63, 3.8) is 0 Å². The summed E-state index contributed by atoms with van der Waals surface area (Å²) < 4.78 is 33.4. The molecule has 38 heavy (non-hydrogen) atoms. The van der Waals surface area contributed by atoms with Crippen LogP contribution >= 0.6 is 23.7 Å². The number of ether oxygens (including phenoxy) is 1. The number of hydrogen-bond acceptors (Lipinski definition) is 7. The standard InChI is InChI=1S/C27H39N3O5S2.ClH/c1-7-29-14-13-22-23(17-29)36-26(24(22)27(32)35-8-2)28-25(31)20-9-11-21(12-10-20)37(33,34)30(15-18(3)4)16-19(5)6;/h9-12,18-19H,7-8,13-17H2,1-6H3,(H,28,31);1H. The number of esters is 1. The SMILES string of the molecule is CCOC(=O)c1c(NC(=O)c2ccc(S(=O)(=O)N(CC(C)C)CC(C)C)cc2)sc2c1CCN(CC)C2.Cl. The van der Waals surface area contributed by atoms with E-state index in [1.165, 1.54) is 39.9 Å². The molecule has 0 fully saturated rings. The maximum absolute atomic E-state index is 13.3. The fourth-order valence-electron chi connectivity index (χ4n) is 4.42. The summed E-state index contributed by atoms with van der Waals surface area (Å²) in [4.78, 5) is 29.4. The highest BCUT2D eigenvalue weighted by atomic mass is 35.5. The average molecular weight is 586 g/mol. The Morgan fingerprint density at radius 3 is 2.21 bits per heavy atom. The second kappa shape index (κ2) is 13.9. The predicted octanol–water partition coefficient (Wildman–Crippen LogP) is 5.28. The van der Waals surface area contributed by atoms with Crippen LogP contribution in [-0.2, 0) is 27.7 Å². The number of fused-ring (bicyclic) bond motifs is 1. The van der Waals surface area contributed by atoms with E-state index in [1.807, 2.05) is 27.7 Å². The number of anilines is 1. The maximum atomic E-state index is 13.3. The fraction of sp³-hybridized carbons (Fsp3) is 0.556. The minimum Gasteiger partial charge on any atom is -0.462 e. The monoisotopic (exact) mass is 585 g/mol. The van der Waals surface area contributed by atoms with E-state index in [-0.39, 0.29) is 35.7 Å². The van der Waals surface area contributed by atoms with Gasteiger partial charge in [-0.05, 0) is 61.6 Å². The first-order valence-electron chi connectivity index (χ1n) is 12.9. The van der Waals surface area contributed by atoms with Crippen molar-refractivity contribution in [3.8, 4) is 0 Å². The van der Waals surface area contributed by atoms with Crippen LogP contribution in [0.2, 0.25) is 0 Å². The van der Waals surface area contributed by atoms with E-state index in [2.05, 4.69) is 17.1 Å². The molecule has 2 aromatic rings. The van der Waals surface area contributed by atoms with Gasteiger partial charge >= 0.3 is 5.97 Å². The van der Waals surface area contributed by atoms with Crippen LogP contribution in [0.25, 0.3) is 0 Å². The van der Waals surface area contributed by atoms with Gasteiger partial charge in [0.15, 0.2) is 0 Å². The first-order chi connectivity index (χ1) is 17.5. The van der Waals surface area contributed by atoms with Crippen molar-refractivity contribution >= 4 is 50.6 Å². The van der Waals surface area contributed by atoms with Crippen molar-refractivity contribution in [2.24, 2.45) is 11.8 Å². The van der Waals surface area contributed by atoms with E-state index in [4.69, 9.17) is 4.74 Å². The number of nitrogens with one attached hydrogen (secondary N) is 1. The van der Waals surface area contributed by atoms with Crippen molar-refractivity contribution in [2.45, 2.75) is 59.4 Å². The van der Waals surface area contributed by atoms with Gasteiger partial charge in [0.25, 0.3) is 5.91 Å². The van der Waals surface area contributed by atoms with E-state index in [9.17, 15) is 18.0 Å². The van der Waals surface area contributed by atoms with Crippen LogP contribution < -0.4 is 5.32 Å². The van der Waals surface area contributed by atoms with E-state index >= 15 is 0 Å². The Hall–Kier alpha value is -1.98. The van der Waals surface area contributed by atoms with Gasteiger partial charge in [0.2, 0.25) is 10.0 Å². The van der Waals surface area contributed by atoms with Gasteiger partial charge in [0.05, 0.1) is 17.1 Å². The molecule has 1 aromatic carbocycles. The molecule has 1 aliphatic heterocycles. The lowest BCUT2D eigenvalue weighted by Gasteiger charge is -2.25. The van der Waals surface area contributed by atoms with Gasteiger partial charge in [-0.15, -0.1) is 23.7 Å². The molecule has 212 valence electrons. The number of likely N-dealkylation sites (N-methyl/N-ethyl adjacent to an activating group) is 1. The highest BCUT2D eigenvalue weighted by molar-refractivity contribution is 7.89. The summed E-state index contributed by atoms with van der Waals surface area (Å²) in [5.41, 5.74) is 1.69. The Labute approximate surface area is 237 Å². The van der Waals surface area contributed by atoms with Crippen molar-refractivity contribution in [2.75, 3.05) is 38.1 Å². The van der Waals surface area contributed by atoms with Crippen LogP contribution in [0.15, 0.2) is 29.2 Å². The largest absolute Gasteiger partial charge is 0.462 e. The molecule has 0 saturated heterocycles. The number of sulfonamides is 1. The van der Waals surface area contributed by atoms with Gasteiger partial charge in [-0.2, -0.15) is 4.31 Å². The van der Waals surface area contributed by atoms with Gasteiger partial charge in [0.1, 0.15) is 5.00 Å². The molecule has 0 aliphatic carbocycles.